The topological polar surface area (TPSA) is 49.3 Å². The molecule has 1 amide bonds. The Balaban J connectivity index is 2.87. The Morgan fingerprint density at radius 3 is 2.71 bits per heavy atom. The van der Waals surface area contributed by atoms with Crippen molar-refractivity contribution in [1.82, 2.24) is 5.32 Å². The Morgan fingerprint density at radius 2 is 2.10 bits per heavy atom. The first-order valence-corrected chi connectivity index (χ1v) is 7.50. The zero-order chi connectivity index (χ0) is 15.8. The van der Waals surface area contributed by atoms with Crippen LogP contribution in [0.15, 0.2) is 18.2 Å². The quantitative estimate of drug-likeness (QED) is 0.818. The molecule has 0 aliphatic carbocycles. The molecule has 0 heterocycles. The molecule has 1 rings (SSSR count). The number of carbonyl (C=O) groups is 1. The summed E-state index contributed by atoms with van der Waals surface area (Å²) in [4.78, 5) is 12.3. The van der Waals surface area contributed by atoms with Gasteiger partial charge in [0.05, 0.1) is 6.61 Å². The summed E-state index contributed by atoms with van der Waals surface area (Å²) in [7, 11) is 0. The number of aliphatic hydroxyl groups is 1. The predicted molar refractivity (Wildman–Crippen MR) is 86.1 cm³/mol. The van der Waals surface area contributed by atoms with Gasteiger partial charge in [-0.1, -0.05) is 38.2 Å². The van der Waals surface area contributed by atoms with E-state index in [1.54, 1.807) is 0 Å². The Morgan fingerprint density at radius 1 is 1.38 bits per heavy atom. The lowest BCUT2D eigenvalue weighted by Crippen LogP contribution is -2.36. The molecule has 2 unspecified atom stereocenters. The average Bonchev–Trinajstić information content (AvgIpc) is 2.48. The maximum Gasteiger partial charge on any atom is 0.251 e. The molecule has 0 aromatic heterocycles. The van der Waals surface area contributed by atoms with Gasteiger partial charge in [0.15, 0.2) is 0 Å². The van der Waals surface area contributed by atoms with Gasteiger partial charge in [0.1, 0.15) is 0 Å². The highest BCUT2D eigenvalue weighted by atomic mass is 16.2. The number of carbonyl (C=O) groups excluding carboxylic acids is 1. The van der Waals surface area contributed by atoms with Crippen LogP contribution in [0.1, 0.15) is 55.1 Å². The van der Waals surface area contributed by atoms with Crippen molar-refractivity contribution in [3.8, 4) is 11.8 Å². The maximum absolute atomic E-state index is 12.3. The number of hydrogen-bond donors (Lipinski definition) is 2. The van der Waals surface area contributed by atoms with Gasteiger partial charge >= 0.3 is 0 Å². The molecular weight excluding hydrogens is 262 g/mol. The number of rotatable bonds is 5. The molecule has 0 aliphatic rings. The van der Waals surface area contributed by atoms with Gasteiger partial charge in [-0.05, 0) is 37.5 Å². The molecule has 1 aromatic rings. The lowest BCUT2D eigenvalue weighted by molar-refractivity contribution is 0.0928. The van der Waals surface area contributed by atoms with Crippen molar-refractivity contribution in [3.05, 3.63) is 34.9 Å². The minimum absolute atomic E-state index is 0.0542. The fraction of sp³-hybridized carbons (Fsp3) is 0.500. The molecule has 2 N–H and O–H groups in total. The molecule has 2 atom stereocenters. The van der Waals surface area contributed by atoms with Crippen LogP contribution in [-0.4, -0.2) is 23.7 Å². The van der Waals surface area contributed by atoms with Gasteiger partial charge in [0, 0.05) is 23.6 Å². The zero-order valence-corrected chi connectivity index (χ0v) is 13.4. The summed E-state index contributed by atoms with van der Waals surface area (Å²) < 4.78 is 0. The molecule has 3 heteroatoms. The standard InChI is InChI=1S/C18H25NO2/c1-5-13(2)15(4)19-18(21)17-10-9-14(3)16(12-17)8-6-7-11-20/h9-10,12-13,15,20H,5,7,11H2,1-4H3,(H,19,21). The van der Waals surface area contributed by atoms with Gasteiger partial charge in [0.25, 0.3) is 5.91 Å². The summed E-state index contributed by atoms with van der Waals surface area (Å²) >= 11 is 0. The summed E-state index contributed by atoms with van der Waals surface area (Å²) in [6, 6.07) is 5.70. The van der Waals surface area contributed by atoms with E-state index < -0.39 is 0 Å². The van der Waals surface area contributed by atoms with Gasteiger partial charge in [0.2, 0.25) is 0 Å². The third kappa shape index (κ3) is 5.24. The summed E-state index contributed by atoms with van der Waals surface area (Å²) in [6.07, 6.45) is 1.48. The number of amides is 1. The average molecular weight is 287 g/mol. The monoisotopic (exact) mass is 287 g/mol. The van der Waals surface area contributed by atoms with Crippen LogP contribution in [-0.2, 0) is 0 Å². The molecule has 0 radical (unpaired) electrons. The lowest BCUT2D eigenvalue weighted by Gasteiger charge is -2.20. The van der Waals surface area contributed by atoms with Crippen LogP contribution in [0.5, 0.6) is 0 Å². The molecule has 114 valence electrons. The molecule has 0 aliphatic heterocycles. The Labute approximate surface area is 127 Å². The van der Waals surface area contributed by atoms with Crippen LogP contribution in [0.4, 0.5) is 0 Å². The number of nitrogens with one attached hydrogen (secondary N) is 1. The van der Waals surface area contributed by atoms with Gasteiger partial charge < -0.3 is 10.4 Å². The Bertz CT molecular complexity index is 540. The van der Waals surface area contributed by atoms with E-state index in [9.17, 15) is 4.79 Å². The second-order valence-electron chi connectivity index (χ2n) is 5.45. The third-order valence-corrected chi connectivity index (χ3v) is 3.82. The first-order valence-electron chi connectivity index (χ1n) is 7.50. The summed E-state index contributed by atoms with van der Waals surface area (Å²) in [6.45, 7) is 8.30. The molecule has 3 nitrogen and oxygen atoms in total. The van der Waals surface area contributed by atoms with Gasteiger partial charge in [-0.15, -0.1) is 0 Å². The molecule has 21 heavy (non-hydrogen) atoms. The third-order valence-electron chi connectivity index (χ3n) is 3.82. The largest absolute Gasteiger partial charge is 0.395 e. The Hall–Kier alpha value is -1.79. The van der Waals surface area contributed by atoms with Crippen LogP contribution in [0.3, 0.4) is 0 Å². The summed E-state index contributed by atoms with van der Waals surface area (Å²) in [5.74, 6) is 6.29. The van der Waals surface area contributed by atoms with Gasteiger partial charge in [-0.25, -0.2) is 0 Å². The first kappa shape index (κ1) is 17.3. The second-order valence-corrected chi connectivity index (χ2v) is 5.45. The maximum atomic E-state index is 12.3. The van der Waals surface area contributed by atoms with E-state index in [-0.39, 0.29) is 18.6 Å². The van der Waals surface area contributed by atoms with Gasteiger partial charge in [-0.3, -0.25) is 4.79 Å². The first-order chi connectivity index (χ1) is 9.99. The van der Waals surface area contributed by atoms with Crippen molar-refractivity contribution in [2.45, 2.75) is 46.6 Å². The van der Waals surface area contributed by atoms with Crippen LogP contribution in [0, 0.1) is 24.7 Å². The number of hydrogen-bond acceptors (Lipinski definition) is 2. The molecule has 1 aromatic carbocycles. The van der Waals surface area contributed by atoms with E-state index in [0.29, 0.717) is 17.9 Å². The summed E-state index contributed by atoms with van der Waals surface area (Å²) in [5, 5.41) is 11.8. The molecule has 0 saturated carbocycles. The van der Waals surface area contributed by atoms with Crippen molar-refractivity contribution in [2.24, 2.45) is 5.92 Å². The van der Waals surface area contributed by atoms with E-state index in [0.717, 1.165) is 17.5 Å². The highest BCUT2D eigenvalue weighted by Crippen LogP contribution is 2.12. The van der Waals surface area contributed by atoms with Crippen LogP contribution >= 0.6 is 0 Å². The van der Waals surface area contributed by atoms with E-state index in [2.05, 4.69) is 31.0 Å². The molecule has 0 spiro atoms. The van der Waals surface area contributed by atoms with Crippen LogP contribution < -0.4 is 5.32 Å². The fourth-order valence-electron chi connectivity index (χ4n) is 1.90. The minimum Gasteiger partial charge on any atom is -0.395 e. The highest BCUT2D eigenvalue weighted by molar-refractivity contribution is 5.94. The van der Waals surface area contributed by atoms with Crippen LogP contribution in [0.25, 0.3) is 0 Å². The molecule has 0 bridgehead atoms. The SMILES string of the molecule is CCC(C)C(C)NC(=O)c1ccc(C)c(C#CCCO)c1. The molecule has 0 fully saturated rings. The number of benzene rings is 1. The van der Waals surface area contributed by atoms with E-state index in [1.165, 1.54) is 0 Å². The van der Waals surface area contributed by atoms with Crippen molar-refractivity contribution in [2.75, 3.05) is 6.61 Å². The number of aliphatic hydroxyl groups excluding tert-OH is 1. The van der Waals surface area contributed by atoms with E-state index in [4.69, 9.17) is 5.11 Å². The second kappa shape index (κ2) is 8.49. The van der Waals surface area contributed by atoms with E-state index >= 15 is 0 Å². The summed E-state index contributed by atoms with van der Waals surface area (Å²) in [5.41, 5.74) is 2.50. The highest BCUT2D eigenvalue weighted by Gasteiger charge is 2.14. The predicted octanol–water partition coefficient (Wildman–Crippen LogP) is 2.89. The zero-order valence-electron chi connectivity index (χ0n) is 13.4. The normalized spacial score (nSPS) is 13.0. The minimum atomic E-state index is -0.0620. The van der Waals surface area contributed by atoms with Crippen molar-refractivity contribution in [3.63, 3.8) is 0 Å². The van der Waals surface area contributed by atoms with Crippen molar-refractivity contribution in [1.29, 1.82) is 0 Å². The van der Waals surface area contributed by atoms with E-state index in [1.807, 2.05) is 32.0 Å². The van der Waals surface area contributed by atoms with Crippen molar-refractivity contribution < 1.29 is 9.90 Å². The van der Waals surface area contributed by atoms with Crippen LogP contribution in [0.2, 0.25) is 0 Å². The smallest absolute Gasteiger partial charge is 0.251 e. The molecular formula is C18H25NO2. The lowest BCUT2D eigenvalue weighted by atomic mass is 10.00. The fourth-order valence-corrected chi connectivity index (χ4v) is 1.90. The Kier molecular flexibility index (Phi) is 6.98. The van der Waals surface area contributed by atoms with Gasteiger partial charge in [-0.2, -0.15) is 0 Å². The van der Waals surface area contributed by atoms with Crippen molar-refractivity contribution >= 4 is 5.91 Å². The molecule has 0 saturated heterocycles. The number of aryl methyl sites for hydroxylation is 1.